The number of hydrogen-bond acceptors (Lipinski definition) is 5. The van der Waals surface area contributed by atoms with Crippen LogP contribution in [0.15, 0.2) is 18.2 Å². The van der Waals surface area contributed by atoms with E-state index in [9.17, 15) is 9.59 Å². The Morgan fingerprint density at radius 3 is 2.41 bits per heavy atom. The summed E-state index contributed by atoms with van der Waals surface area (Å²) < 4.78 is 11.4. The summed E-state index contributed by atoms with van der Waals surface area (Å²) in [6.07, 6.45) is 3.29. The number of ether oxygens (including phenoxy) is 2. The number of hydrogen-bond donors (Lipinski definition) is 1. The van der Waals surface area contributed by atoms with Gasteiger partial charge in [0, 0.05) is 44.8 Å². The van der Waals surface area contributed by atoms with Crippen molar-refractivity contribution in [2.75, 3.05) is 52.5 Å². The number of carbonyl (C=O) groups excluding carboxylic acids is 2. The zero-order chi connectivity index (χ0) is 19.1. The van der Waals surface area contributed by atoms with Gasteiger partial charge in [0.05, 0.1) is 6.61 Å². The normalized spacial score (nSPS) is 17.5. The molecule has 0 aliphatic carbocycles. The van der Waals surface area contributed by atoms with Crippen LogP contribution in [0, 0.1) is 0 Å². The first-order valence-corrected chi connectivity index (χ1v) is 9.86. The zero-order valence-corrected chi connectivity index (χ0v) is 16.0. The highest BCUT2D eigenvalue weighted by molar-refractivity contribution is 5.95. The second kappa shape index (κ2) is 9.60. The van der Waals surface area contributed by atoms with Crippen molar-refractivity contribution in [1.29, 1.82) is 0 Å². The van der Waals surface area contributed by atoms with Gasteiger partial charge in [-0.05, 0) is 44.4 Å². The SMILES string of the molecule is CCOc1cc(C(=O)N2CCNCC2)ccc1OCC(=O)N1CCCCC1. The van der Waals surface area contributed by atoms with Gasteiger partial charge in [0.1, 0.15) is 0 Å². The molecule has 0 bridgehead atoms. The standard InChI is InChI=1S/C20H29N3O4/c1-2-26-18-14-16(20(25)23-12-8-21-9-13-23)6-7-17(18)27-15-19(24)22-10-4-3-5-11-22/h6-7,14,21H,2-5,8-13,15H2,1H3. The number of likely N-dealkylation sites (tertiary alicyclic amines) is 1. The molecule has 2 amide bonds. The maximum atomic E-state index is 12.7. The fourth-order valence-electron chi connectivity index (χ4n) is 3.45. The summed E-state index contributed by atoms with van der Waals surface area (Å²) in [5.41, 5.74) is 0.579. The molecule has 2 saturated heterocycles. The molecule has 1 aromatic carbocycles. The molecule has 0 saturated carbocycles. The molecule has 0 radical (unpaired) electrons. The summed E-state index contributed by atoms with van der Waals surface area (Å²) in [6, 6.07) is 5.19. The summed E-state index contributed by atoms with van der Waals surface area (Å²) >= 11 is 0. The summed E-state index contributed by atoms with van der Waals surface area (Å²) in [5.74, 6) is 0.996. The van der Waals surface area contributed by atoms with E-state index in [0.717, 1.165) is 39.0 Å². The molecule has 7 heteroatoms. The van der Waals surface area contributed by atoms with Gasteiger partial charge in [0.25, 0.3) is 11.8 Å². The fourth-order valence-corrected chi connectivity index (χ4v) is 3.45. The first-order valence-electron chi connectivity index (χ1n) is 9.86. The summed E-state index contributed by atoms with van der Waals surface area (Å²) in [4.78, 5) is 28.7. The quantitative estimate of drug-likeness (QED) is 0.816. The van der Waals surface area contributed by atoms with Crippen molar-refractivity contribution in [1.82, 2.24) is 15.1 Å². The number of amides is 2. The maximum absolute atomic E-state index is 12.7. The Kier molecular flexibility index (Phi) is 6.92. The molecule has 2 aliphatic rings. The Hall–Kier alpha value is -2.28. The van der Waals surface area contributed by atoms with Crippen LogP contribution in [0.2, 0.25) is 0 Å². The molecule has 0 spiro atoms. The van der Waals surface area contributed by atoms with E-state index >= 15 is 0 Å². The van der Waals surface area contributed by atoms with Crippen molar-refractivity contribution in [3.63, 3.8) is 0 Å². The van der Waals surface area contributed by atoms with Crippen molar-refractivity contribution in [2.45, 2.75) is 26.2 Å². The molecular formula is C20H29N3O4. The Bertz CT molecular complexity index is 653. The molecule has 0 unspecified atom stereocenters. The van der Waals surface area contributed by atoms with Crippen molar-refractivity contribution in [3.8, 4) is 11.5 Å². The van der Waals surface area contributed by atoms with Crippen LogP contribution >= 0.6 is 0 Å². The van der Waals surface area contributed by atoms with Crippen molar-refractivity contribution in [3.05, 3.63) is 23.8 Å². The summed E-state index contributed by atoms with van der Waals surface area (Å²) in [5, 5.41) is 3.24. The van der Waals surface area contributed by atoms with Crippen LogP contribution < -0.4 is 14.8 Å². The third-order valence-electron chi connectivity index (χ3n) is 4.95. The topological polar surface area (TPSA) is 71.1 Å². The lowest BCUT2D eigenvalue weighted by Gasteiger charge is -2.28. The van der Waals surface area contributed by atoms with E-state index in [4.69, 9.17) is 9.47 Å². The minimum atomic E-state index is -0.00877. The Labute approximate surface area is 160 Å². The molecule has 2 heterocycles. The van der Waals surface area contributed by atoms with Crippen LogP contribution in [0.1, 0.15) is 36.5 Å². The third kappa shape index (κ3) is 5.13. The van der Waals surface area contributed by atoms with E-state index in [1.807, 2.05) is 16.7 Å². The van der Waals surface area contributed by atoms with Crippen LogP contribution in [0.4, 0.5) is 0 Å². The van der Waals surface area contributed by atoms with Gasteiger partial charge in [0.15, 0.2) is 18.1 Å². The second-order valence-electron chi connectivity index (χ2n) is 6.87. The maximum Gasteiger partial charge on any atom is 0.260 e. The molecule has 0 aromatic heterocycles. The van der Waals surface area contributed by atoms with Gasteiger partial charge in [-0.1, -0.05) is 0 Å². The van der Waals surface area contributed by atoms with E-state index in [-0.39, 0.29) is 18.4 Å². The minimum Gasteiger partial charge on any atom is -0.490 e. The molecule has 1 N–H and O–H groups in total. The number of piperidine rings is 1. The molecule has 1 aromatic rings. The number of carbonyl (C=O) groups is 2. The third-order valence-corrected chi connectivity index (χ3v) is 4.95. The molecule has 0 atom stereocenters. The molecule has 148 valence electrons. The smallest absolute Gasteiger partial charge is 0.260 e. The fraction of sp³-hybridized carbons (Fsp3) is 0.600. The van der Waals surface area contributed by atoms with Gasteiger partial charge in [-0.2, -0.15) is 0 Å². The molecule has 27 heavy (non-hydrogen) atoms. The average molecular weight is 375 g/mol. The highest BCUT2D eigenvalue weighted by atomic mass is 16.5. The molecule has 2 aliphatic heterocycles. The lowest BCUT2D eigenvalue weighted by molar-refractivity contribution is -0.134. The predicted octanol–water partition coefficient (Wildman–Crippen LogP) is 1.52. The second-order valence-corrected chi connectivity index (χ2v) is 6.87. The van der Waals surface area contributed by atoms with Gasteiger partial charge in [-0.3, -0.25) is 9.59 Å². The van der Waals surface area contributed by atoms with Crippen molar-refractivity contribution in [2.24, 2.45) is 0 Å². The van der Waals surface area contributed by atoms with Gasteiger partial charge in [-0.25, -0.2) is 0 Å². The highest BCUT2D eigenvalue weighted by Crippen LogP contribution is 2.29. The van der Waals surface area contributed by atoms with E-state index < -0.39 is 0 Å². The van der Waals surface area contributed by atoms with E-state index in [0.29, 0.717) is 36.8 Å². The van der Waals surface area contributed by atoms with Gasteiger partial charge < -0.3 is 24.6 Å². The first-order chi connectivity index (χ1) is 13.2. The monoisotopic (exact) mass is 375 g/mol. The Morgan fingerprint density at radius 1 is 0.963 bits per heavy atom. The van der Waals surface area contributed by atoms with Crippen molar-refractivity contribution >= 4 is 11.8 Å². The largest absolute Gasteiger partial charge is 0.490 e. The van der Waals surface area contributed by atoms with Crippen LogP contribution in [0.3, 0.4) is 0 Å². The summed E-state index contributed by atoms with van der Waals surface area (Å²) in [7, 11) is 0. The number of nitrogens with one attached hydrogen (secondary N) is 1. The minimum absolute atomic E-state index is 0.00174. The van der Waals surface area contributed by atoms with Gasteiger partial charge >= 0.3 is 0 Å². The molecule has 7 nitrogen and oxygen atoms in total. The van der Waals surface area contributed by atoms with Gasteiger partial charge in [-0.15, -0.1) is 0 Å². The van der Waals surface area contributed by atoms with Crippen LogP contribution in [0.5, 0.6) is 11.5 Å². The highest BCUT2D eigenvalue weighted by Gasteiger charge is 2.21. The number of piperazine rings is 1. The van der Waals surface area contributed by atoms with Crippen LogP contribution in [-0.2, 0) is 4.79 Å². The predicted molar refractivity (Wildman–Crippen MR) is 102 cm³/mol. The number of rotatable bonds is 6. The van der Waals surface area contributed by atoms with Gasteiger partial charge in [0.2, 0.25) is 0 Å². The number of nitrogens with zero attached hydrogens (tertiary/aromatic N) is 2. The lowest BCUT2D eigenvalue weighted by atomic mass is 10.1. The molecule has 3 rings (SSSR count). The molecule has 2 fully saturated rings. The van der Waals surface area contributed by atoms with E-state index in [2.05, 4.69) is 5.32 Å². The lowest BCUT2D eigenvalue weighted by Crippen LogP contribution is -2.46. The first kappa shape index (κ1) is 19.5. The summed E-state index contributed by atoms with van der Waals surface area (Å²) in [6.45, 7) is 6.96. The molecular weight excluding hydrogens is 346 g/mol. The van der Waals surface area contributed by atoms with E-state index in [1.165, 1.54) is 6.42 Å². The zero-order valence-electron chi connectivity index (χ0n) is 16.0. The van der Waals surface area contributed by atoms with Crippen LogP contribution in [0.25, 0.3) is 0 Å². The van der Waals surface area contributed by atoms with Crippen LogP contribution in [-0.4, -0.2) is 74.1 Å². The Morgan fingerprint density at radius 2 is 1.70 bits per heavy atom. The van der Waals surface area contributed by atoms with E-state index in [1.54, 1.807) is 18.2 Å². The average Bonchev–Trinajstić information content (AvgIpc) is 2.73. The Balaban J connectivity index is 1.65. The van der Waals surface area contributed by atoms with Crippen molar-refractivity contribution < 1.29 is 19.1 Å². The number of benzene rings is 1.